The van der Waals surface area contributed by atoms with Crippen LogP contribution in [0.15, 0.2) is 52.1 Å². The molecule has 0 spiro atoms. The van der Waals surface area contributed by atoms with Crippen molar-refractivity contribution in [3.8, 4) is 0 Å². The molecular formula is C18H14BrF2N5OS. The van der Waals surface area contributed by atoms with Crippen LogP contribution in [0.5, 0.6) is 0 Å². The molecule has 0 bridgehead atoms. The average Bonchev–Trinajstić information content (AvgIpc) is 3.04. The van der Waals surface area contributed by atoms with Gasteiger partial charge in [0.05, 0.1) is 11.7 Å². The molecular weight excluding hydrogens is 452 g/mol. The molecule has 6 nitrogen and oxygen atoms in total. The molecule has 0 aliphatic carbocycles. The fourth-order valence-electron chi connectivity index (χ4n) is 2.88. The van der Waals surface area contributed by atoms with Crippen LogP contribution in [0, 0.1) is 18.6 Å². The van der Waals surface area contributed by atoms with E-state index in [-0.39, 0.29) is 11.5 Å². The highest BCUT2D eigenvalue weighted by atomic mass is 79.9. The van der Waals surface area contributed by atoms with E-state index in [1.807, 2.05) is 0 Å². The van der Waals surface area contributed by atoms with Gasteiger partial charge in [0.2, 0.25) is 11.1 Å². The molecule has 0 saturated heterocycles. The number of benzene rings is 2. The lowest BCUT2D eigenvalue weighted by Gasteiger charge is -2.32. The van der Waals surface area contributed by atoms with E-state index in [1.54, 1.807) is 29.8 Å². The molecule has 2 N–H and O–H groups in total. The minimum absolute atomic E-state index is 0.0786. The lowest BCUT2D eigenvalue weighted by Crippen LogP contribution is -2.41. The molecule has 10 heteroatoms. The molecule has 2 heterocycles. The maximum Gasteiger partial charge on any atom is 0.240 e. The van der Waals surface area contributed by atoms with Gasteiger partial charge in [0, 0.05) is 4.47 Å². The number of hydrogen-bond acceptors (Lipinski definition) is 5. The van der Waals surface area contributed by atoms with Crippen molar-refractivity contribution < 1.29 is 13.6 Å². The Morgan fingerprint density at radius 1 is 1.21 bits per heavy atom. The number of thioether (sulfide) groups is 1. The zero-order chi connectivity index (χ0) is 19.8. The predicted octanol–water partition coefficient (Wildman–Crippen LogP) is 4.03. The molecule has 2 atom stereocenters. The molecule has 1 aliphatic rings. The van der Waals surface area contributed by atoms with Gasteiger partial charge < -0.3 is 10.7 Å². The Morgan fingerprint density at radius 2 is 1.96 bits per heavy atom. The normalized spacial score (nSPS) is 18.3. The van der Waals surface area contributed by atoms with Crippen molar-refractivity contribution >= 4 is 39.3 Å². The van der Waals surface area contributed by atoms with E-state index >= 15 is 0 Å². The van der Waals surface area contributed by atoms with Crippen molar-refractivity contribution in [2.24, 2.45) is 0 Å². The summed E-state index contributed by atoms with van der Waals surface area (Å²) in [6.07, 6.45) is 0. The Hall–Kier alpha value is -2.46. The van der Waals surface area contributed by atoms with Gasteiger partial charge in [0.15, 0.2) is 0 Å². The first kappa shape index (κ1) is 18.9. The quantitative estimate of drug-likeness (QED) is 0.610. The number of nitrogens with zero attached hydrogens (tertiary/aromatic N) is 3. The summed E-state index contributed by atoms with van der Waals surface area (Å²) >= 11 is 4.40. The first-order valence-corrected chi connectivity index (χ1v) is 9.96. The number of aryl methyl sites for hydroxylation is 1. The Morgan fingerprint density at radius 3 is 2.68 bits per heavy atom. The summed E-state index contributed by atoms with van der Waals surface area (Å²) in [5.41, 5.74) is 4.00. The number of halogens is 3. The van der Waals surface area contributed by atoms with E-state index in [0.29, 0.717) is 21.0 Å². The van der Waals surface area contributed by atoms with Crippen LogP contribution in [0.3, 0.4) is 0 Å². The topological polar surface area (TPSA) is 71.8 Å². The van der Waals surface area contributed by atoms with Crippen LogP contribution in [0.25, 0.3) is 0 Å². The molecule has 0 saturated carbocycles. The van der Waals surface area contributed by atoms with Crippen LogP contribution < -0.4 is 10.7 Å². The van der Waals surface area contributed by atoms with Crippen LogP contribution in [0.2, 0.25) is 0 Å². The first-order chi connectivity index (χ1) is 13.4. The van der Waals surface area contributed by atoms with E-state index in [1.165, 1.54) is 36.0 Å². The van der Waals surface area contributed by atoms with E-state index in [2.05, 4.69) is 36.9 Å². The summed E-state index contributed by atoms with van der Waals surface area (Å²) in [6.45, 7) is 1.78. The fourth-order valence-corrected chi connectivity index (χ4v) is 4.33. The Labute approximate surface area is 171 Å². The molecule has 1 aliphatic heterocycles. The number of amides is 1. The third-order valence-electron chi connectivity index (χ3n) is 4.28. The van der Waals surface area contributed by atoms with E-state index in [0.717, 1.165) is 0 Å². The number of carbonyl (C=O) groups excluding carboxylic acids is 1. The van der Waals surface area contributed by atoms with E-state index in [4.69, 9.17) is 0 Å². The van der Waals surface area contributed by atoms with Gasteiger partial charge in [-0.05, 0) is 42.8 Å². The van der Waals surface area contributed by atoms with Gasteiger partial charge in [-0.25, -0.2) is 13.5 Å². The maximum absolute atomic E-state index is 14.1. The Kier molecular flexibility index (Phi) is 5.07. The Bertz CT molecular complexity index is 1040. The van der Waals surface area contributed by atoms with Crippen molar-refractivity contribution in [3.05, 3.63) is 70.0 Å². The molecule has 4 rings (SSSR count). The monoisotopic (exact) mass is 465 g/mol. The molecule has 3 aromatic rings. The third kappa shape index (κ3) is 3.61. The lowest BCUT2D eigenvalue weighted by atomic mass is 10.0. The second kappa shape index (κ2) is 7.51. The van der Waals surface area contributed by atoms with Crippen LogP contribution in [-0.2, 0) is 4.79 Å². The van der Waals surface area contributed by atoms with Crippen molar-refractivity contribution in [2.45, 2.75) is 23.4 Å². The molecule has 1 amide bonds. The SMILES string of the molecule is Cc1nnc2n1NC(c1ccc(F)cc1)C(C(=O)Nc1ccc(Br)cc1F)S2. The highest BCUT2D eigenvalue weighted by molar-refractivity contribution is 9.10. The van der Waals surface area contributed by atoms with E-state index in [9.17, 15) is 13.6 Å². The van der Waals surface area contributed by atoms with Gasteiger partial charge in [0.25, 0.3) is 0 Å². The second-order valence-corrected chi connectivity index (χ2v) is 8.20. The van der Waals surface area contributed by atoms with Gasteiger partial charge in [-0.2, -0.15) is 0 Å². The number of hydrogen-bond donors (Lipinski definition) is 2. The maximum atomic E-state index is 14.1. The summed E-state index contributed by atoms with van der Waals surface area (Å²) in [7, 11) is 0. The largest absolute Gasteiger partial charge is 0.323 e. The van der Waals surface area contributed by atoms with Crippen LogP contribution in [-0.4, -0.2) is 26.0 Å². The van der Waals surface area contributed by atoms with Crippen molar-refractivity contribution in [1.82, 2.24) is 14.9 Å². The van der Waals surface area contributed by atoms with Crippen LogP contribution in [0.4, 0.5) is 14.5 Å². The Balaban J connectivity index is 1.67. The zero-order valence-corrected chi connectivity index (χ0v) is 16.9. The summed E-state index contributed by atoms with van der Waals surface area (Å²) in [5, 5.41) is 10.5. The summed E-state index contributed by atoms with van der Waals surface area (Å²) in [6, 6.07) is 9.79. The van der Waals surface area contributed by atoms with Crippen molar-refractivity contribution in [2.75, 3.05) is 10.7 Å². The minimum atomic E-state index is -0.676. The molecule has 0 radical (unpaired) electrons. The molecule has 2 unspecified atom stereocenters. The first-order valence-electron chi connectivity index (χ1n) is 8.29. The van der Waals surface area contributed by atoms with E-state index < -0.39 is 23.0 Å². The highest BCUT2D eigenvalue weighted by Crippen LogP contribution is 2.37. The fraction of sp³-hybridized carbons (Fsp3) is 0.167. The van der Waals surface area contributed by atoms with Gasteiger partial charge >= 0.3 is 0 Å². The number of aromatic nitrogens is 3. The number of rotatable bonds is 3. The third-order valence-corrected chi connectivity index (χ3v) is 5.98. The summed E-state index contributed by atoms with van der Waals surface area (Å²) in [5.74, 6) is -0.687. The summed E-state index contributed by atoms with van der Waals surface area (Å²) < 4.78 is 29.8. The summed E-state index contributed by atoms with van der Waals surface area (Å²) in [4.78, 5) is 13.0. The molecule has 0 fully saturated rings. The molecule has 144 valence electrons. The van der Waals surface area contributed by atoms with Crippen molar-refractivity contribution in [1.29, 1.82) is 0 Å². The van der Waals surface area contributed by atoms with Crippen molar-refractivity contribution in [3.63, 3.8) is 0 Å². The van der Waals surface area contributed by atoms with Gasteiger partial charge in [-0.15, -0.1) is 10.2 Å². The molecule has 2 aromatic carbocycles. The smallest absolute Gasteiger partial charge is 0.240 e. The number of carbonyl (C=O) groups is 1. The van der Waals surface area contributed by atoms with Gasteiger partial charge in [0.1, 0.15) is 22.7 Å². The minimum Gasteiger partial charge on any atom is -0.323 e. The number of fused-ring (bicyclic) bond motifs is 1. The van der Waals surface area contributed by atoms with Gasteiger partial charge in [-0.3, -0.25) is 4.79 Å². The van der Waals surface area contributed by atoms with Gasteiger partial charge in [-0.1, -0.05) is 39.8 Å². The lowest BCUT2D eigenvalue weighted by molar-refractivity contribution is -0.116. The standard InChI is InChI=1S/C18H14BrF2N5OS/c1-9-23-24-18-26(9)25-15(10-2-5-12(20)6-3-10)16(28-18)17(27)22-14-7-4-11(19)8-13(14)21/h2-8,15-16,25H,1H3,(H,22,27). The average molecular weight is 466 g/mol. The predicted molar refractivity (Wildman–Crippen MR) is 106 cm³/mol. The number of anilines is 1. The second-order valence-electron chi connectivity index (χ2n) is 6.18. The van der Waals surface area contributed by atoms with Crippen LogP contribution in [0.1, 0.15) is 17.4 Å². The number of nitrogens with one attached hydrogen (secondary N) is 2. The molecule has 28 heavy (non-hydrogen) atoms. The van der Waals surface area contributed by atoms with Crippen LogP contribution >= 0.6 is 27.7 Å². The zero-order valence-electron chi connectivity index (χ0n) is 14.5. The molecule has 1 aromatic heterocycles. The highest BCUT2D eigenvalue weighted by Gasteiger charge is 2.37.